The molecule has 2 atom stereocenters. The van der Waals surface area contributed by atoms with Gasteiger partial charge in [-0.05, 0) is 45.2 Å². The zero-order chi connectivity index (χ0) is 14.9. The molecule has 1 fully saturated rings. The maximum absolute atomic E-state index is 6.45. The molecule has 1 aromatic carbocycles. The third kappa shape index (κ3) is 3.26. The van der Waals surface area contributed by atoms with Crippen LogP contribution in [0.5, 0.6) is 5.75 Å². The van der Waals surface area contributed by atoms with E-state index in [-0.39, 0.29) is 5.60 Å². The summed E-state index contributed by atoms with van der Waals surface area (Å²) in [7, 11) is 0. The lowest BCUT2D eigenvalue weighted by molar-refractivity contribution is 0.0125. The van der Waals surface area contributed by atoms with Crippen molar-refractivity contribution in [1.82, 2.24) is 5.32 Å². The molecule has 0 amide bonds. The molecular formula is C19H29NO. The van der Waals surface area contributed by atoms with Crippen LogP contribution in [0.15, 0.2) is 18.2 Å². The second-order valence-electron chi connectivity index (χ2n) is 7.31. The van der Waals surface area contributed by atoms with Crippen LogP contribution in [0.4, 0.5) is 0 Å². The largest absolute Gasteiger partial charge is 0.487 e. The highest BCUT2D eigenvalue weighted by Crippen LogP contribution is 2.45. The molecule has 1 heterocycles. The minimum absolute atomic E-state index is 0.00124. The molecule has 2 nitrogen and oxygen atoms in total. The molecule has 0 aromatic heterocycles. The minimum atomic E-state index is -0.00124. The van der Waals surface area contributed by atoms with Crippen molar-refractivity contribution >= 4 is 0 Å². The fourth-order valence-electron chi connectivity index (χ4n) is 3.82. The number of hydrogen-bond acceptors (Lipinski definition) is 2. The number of benzene rings is 1. The standard InChI is InChI=1S/C19H29NO/c1-4-10-20-17-13-19(3,12-15-6-5-7-15)21-18-9-8-14(2)11-16(17)18/h8-9,11,15,17,20H,4-7,10,12-13H2,1-3H3. The first-order valence-electron chi connectivity index (χ1n) is 8.62. The highest BCUT2D eigenvalue weighted by Gasteiger charge is 2.39. The van der Waals surface area contributed by atoms with Gasteiger partial charge in [0.2, 0.25) is 0 Å². The molecule has 1 aliphatic heterocycles. The number of ether oxygens (including phenoxy) is 1. The Hall–Kier alpha value is -1.02. The Balaban J connectivity index is 1.82. The smallest absolute Gasteiger partial charge is 0.124 e. The fourth-order valence-corrected chi connectivity index (χ4v) is 3.82. The first-order chi connectivity index (χ1) is 10.1. The third-order valence-electron chi connectivity index (χ3n) is 5.12. The van der Waals surface area contributed by atoms with E-state index in [1.54, 1.807) is 0 Å². The van der Waals surface area contributed by atoms with Crippen molar-refractivity contribution in [1.29, 1.82) is 0 Å². The van der Waals surface area contributed by atoms with Gasteiger partial charge in [-0.2, -0.15) is 0 Å². The summed E-state index contributed by atoms with van der Waals surface area (Å²) < 4.78 is 6.45. The van der Waals surface area contributed by atoms with Crippen LogP contribution in [0, 0.1) is 12.8 Å². The summed E-state index contributed by atoms with van der Waals surface area (Å²) in [5, 5.41) is 3.74. The van der Waals surface area contributed by atoms with Crippen LogP contribution in [0.3, 0.4) is 0 Å². The summed E-state index contributed by atoms with van der Waals surface area (Å²) in [6, 6.07) is 7.08. The van der Waals surface area contributed by atoms with Gasteiger partial charge in [-0.25, -0.2) is 0 Å². The lowest BCUT2D eigenvalue weighted by atomic mass is 9.74. The number of fused-ring (bicyclic) bond motifs is 1. The van der Waals surface area contributed by atoms with Crippen molar-refractivity contribution in [3.63, 3.8) is 0 Å². The minimum Gasteiger partial charge on any atom is -0.487 e. The molecule has 0 bridgehead atoms. The summed E-state index contributed by atoms with van der Waals surface area (Å²) in [5.74, 6) is 1.98. The number of nitrogens with one attached hydrogen (secondary N) is 1. The maximum atomic E-state index is 6.45. The van der Waals surface area contributed by atoms with Crippen LogP contribution in [0.2, 0.25) is 0 Å². The van der Waals surface area contributed by atoms with Gasteiger partial charge in [0, 0.05) is 18.0 Å². The Morgan fingerprint density at radius 2 is 2.14 bits per heavy atom. The van der Waals surface area contributed by atoms with E-state index in [1.165, 1.54) is 43.2 Å². The normalized spacial score (nSPS) is 28.6. The molecule has 1 saturated carbocycles. The van der Waals surface area contributed by atoms with Crippen LogP contribution < -0.4 is 10.1 Å². The zero-order valence-corrected chi connectivity index (χ0v) is 13.7. The molecule has 3 rings (SSSR count). The molecule has 1 aliphatic carbocycles. The Kier molecular flexibility index (Phi) is 4.26. The van der Waals surface area contributed by atoms with E-state index in [9.17, 15) is 0 Å². The number of rotatable bonds is 5. The van der Waals surface area contributed by atoms with E-state index in [0.29, 0.717) is 6.04 Å². The molecule has 2 aliphatic rings. The second-order valence-corrected chi connectivity index (χ2v) is 7.31. The zero-order valence-electron chi connectivity index (χ0n) is 13.7. The summed E-state index contributed by atoms with van der Waals surface area (Å²) in [6.45, 7) is 7.79. The van der Waals surface area contributed by atoms with Gasteiger partial charge in [0.1, 0.15) is 11.4 Å². The third-order valence-corrected chi connectivity index (χ3v) is 5.12. The van der Waals surface area contributed by atoms with Crippen molar-refractivity contribution in [2.45, 2.75) is 70.9 Å². The summed E-state index contributed by atoms with van der Waals surface area (Å²) in [4.78, 5) is 0. The van der Waals surface area contributed by atoms with Crippen LogP contribution >= 0.6 is 0 Å². The fraction of sp³-hybridized carbons (Fsp3) is 0.684. The molecule has 0 spiro atoms. The Bertz CT molecular complexity index is 494. The van der Waals surface area contributed by atoms with Crippen molar-refractivity contribution < 1.29 is 4.74 Å². The Labute approximate surface area is 129 Å². The first kappa shape index (κ1) is 14.9. The summed E-state index contributed by atoms with van der Waals surface area (Å²) in [6.07, 6.45) is 7.69. The topological polar surface area (TPSA) is 21.3 Å². The lowest BCUT2D eigenvalue weighted by Gasteiger charge is -2.43. The van der Waals surface area contributed by atoms with E-state index in [0.717, 1.165) is 24.6 Å². The van der Waals surface area contributed by atoms with Crippen molar-refractivity contribution in [3.8, 4) is 5.75 Å². The van der Waals surface area contributed by atoms with Gasteiger partial charge < -0.3 is 10.1 Å². The van der Waals surface area contributed by atoms with Crippen molar-refractivity contribution in [3.05, 3.63) is 29.3 Å². The van der Waals surface area contributed by atoms with Gasteiger partial charge >= 0.3 is 0 Å². The van der Waals surface area contributed by atoms with E-state index < -0.39 is 0 Å². The highest BCUT2D eigenvalue weighted by atomic mass is 16.5. The average molecular weight is 287 g/mol. The van der Waals surface area contributed by atoms with Gasteiger partial charge in [0.25, 0.3) is 0 Å². The highest BCUT2D eigenvalue weighted by molar-refractivity contribution is 5.41. The molecule has 0 saturated heterocycles. The van der Waals surface area contributed by atoms with Gasteiger partial charge in [-0.3, -0.25) is 0 Å². The summed E-state index contributed by atoms with van der Waals surface area (Å²) in [5.41, 5.74) is 2.68. The van der Waals surface area contributed by atoms with Gasteiger partial charge in [0.15, 0.2) is 0 Å². The van der Waals surface area contributed by atoms with E-state index >= 15 is 0 Å². The van der Waals surface area contributed by atoms with E-state index in [2.05, 4.69) is 44.3 Å². The molecule has 21 heavy (non-hydrogen) atoms. The predicted octanol–water partition coefficient (Wildman–Crippen LogP) is 4.77. The Morgan fingerprint density at radius 3 is 2.81 bits per heavy atom. The van der Waals surface area contributed by atoms with Crippen LogP contribution in [-0.2, 0) is 0 Å². The van der Waals surface area contributed by atoms with Gasteiger partial charge in [-0.1, -0.05) is 43.9 Å². The number of aryl methyl sites for hydroxylation is 1. The molecule has 2 heteroatoms. The first-order valence-corrected chi connectivity index (χ1v) is 8.62. The average Bonchev–Trinajstić information content (AvgIpc) is 2.41. The monoisotopic (exact) mass is 287 g/mol. The van der Waals surface area contributed by atoms with Gasteiger partial charge in [0.05, 0.1) is 0 Å². The van der Waals surface area contributed by atoms with Crippen LogP contribution in [-0.4, -0.2) is 12.1 Å². The predicted molar refractivity (Wildman–Crippen MR) is 87.8 cm³/mol. The molecule has 2 unspecified atom stereocenters. The molecule has 0 radical (unpaired) electrons. The van der Waals surface area contributed by atoms with Crippen LogP contribution in [0.25, 0.3) is 0 Å². The molecular weight excluding hydrogens is 258 g/mol. The molecule has 1 aromatic rings. The molecule has 1 N–H and O–H groups in total. The molecule has 116 valence electrons. The number of hydrogen-bond donors (Lipinski definition) is 1. The van der Waals surface area contributed by atoms with E-state index in [1.807, 2.05) is 0 Å². The SMILES string of the molecule is CCCNC1CC(C)(CC2CCC2)Oc2ccc(C)cc21. The van der Waals surface area contributed by atoms with Crippen LogP contribution in [0.1, 0.15) is 69.5 Å². The summed E-state index contributed by atoms with van der Waals surface area (Å²) >= 11 is 0. The van der Waals surface area contributed by atoms with Crippen molar-refractivity contribution in [2.24, 2.45) is 5.92 Å². The quantitative estimate of drug-likeness (QED) is 0.842. The van der Waals surface area contributed by atoms with E-state index in [4.69, 9.17) is 4.74 Å². The second kappa shape index (κ2) is 6.00. The van der Waals surface area contributed by atoms with Gasteiger partial charge in [-0.15, -0.1) is 0 Å². The maximum Gasteiger partial charge on any atom is 0.124 e. The van der Waals surface area contributed by atoms with Crippen molar-refractivity contribution in [2.75, 3.05) is 6.54 Å². The Morgan fingerprint density at radius 1 is 1.33 bits per heavy atom. The lowest BCUT2D eigenvalue weighted by Crippen LogP contribution is -2.44.